The molecule has 1 aromatic carbocycles. The first-order valence-corrected chi connectivity index (χ1v) is 6.60. The van der Waals surface area contributed by atoms with Crippen LogP contribution >= 0.6 is 0 Å². The fourth-order valence-electron chi connectivity index (χ4n) is 1.99. The quantitative estimate of drug-likeness (QED) is 0.620. The van der Waals surface area contributed by atoms with Gasteiger partial charge in [0.15, 0.2) is 0 Å². The van der Waals surface area contributed by atoms with Crippen molar-refractivity contribution in [3.8, 4) is 5.75 Å². The van der Waals surface area contributed by atoms with Gasteiger partial charge < -0.3 is 14.8 Å². The first kappa shape index (κ1) is 14.3. The summed E-state index contributed by atoms with van der Waals surface area (Å²) in [5.41, 5.74) is 1.03. The highest BCUT2D eigenvalue weighted by Gasteiger charge is 2.05. The maximum atomic E-state index is 5.46. The van der Waals surface area contributed by atoms with Crippen LogP contribution in [0.25, 0.3) is 10.8 Å². The summed E-state index contributed by atoms with van der Waals surface area (Å²) < 4.78 is 10.8. The van der Waals surface area contributed by atoms with Gasteiger partial charge in [0.1, 0.15) is 11.6 Å². The third-order valence-electron chi connectivity index (χ3n) is 2.87. The summed E-state index contributed by atoms with van der Waals surface area (Å²) in [6.07, 6.45) is 1.78. The Bertz CT molecular complexity index is 596. The van der Waals surface area contributed by atoms with Gasteiger partial charge in [-0.05, 0) is 19.1 Å². The molecule has 2 rings (SSSR count). The van der Waals surface area contributed by atoms with Crippen LogP contribution in [-0.2, 0) is 4.74 Å². The van der Waals surface area contributed by atoms with Crippen LogP contribution < -0.4 is 10.1 Å². The number of ether oxygens (including phenoxy) is 2. The van der Waals surface area contributed by atoms with E-state index in [1.54, 1.807) is 13.3 Å². The molecule has 0 unspecified atom stereocenters. The highest BCUT2D eigenvalue weighted by Crippen LogP contribution is 2.28. The van der Waals surface area contributed by atoms with Gasteiger partial charge >= 0.3 is 0 Å². The van der Waals surface area contributed by atoms with E-state index in [4.69, 9.17) is 9.47 Å². The molecule has 0 aliphatic carbocycles. The number of hydrogen-bond acceptors (Lipinski definition) is 4. The lowest BCUT2D eigenvalue weighted by Gasteiger charge is -2.11. The molecule has 0 bridgehead atoms. The number of nitrogens with zero attached hydrogens (tertiary/aromatic N) is 1. The van der Waals surface area contributed by atoms with E-state index in [2.05, 4.69) is 16.9 Å². The summed E-state index contributed by atoms with van der Waals surface area (Å²) in [6.45, 7) is 7.67. The molecule has 0 aliphatic rings. The summed E-state index contributed by atoms with van der Waals surface area (Å²) in [4.78, 5) is 4.38. The zero-order chi connectivity index (χ0) is 14.4. The van der Waals surface area contributed by atoms with Crippen molar-refractivity contribution in [3.63, 3.8) is 0 Å². The minimum absolute atomic E-state index is 0.596. The number of benzene rings is 1. The second-order valence-corrected chi connectivity index (χ2v) is 4.65. The number of rotatable bonds is 7. The highest BCUT2D eigenvalue weighted by molar-refractivity contribution is 5.95. The van der Waals surface area contributed by atoms with Gasteiger partial charge in [0.2, 0.25) is 0 Å². The topological polar surface area (TPSA) is 43.4 Å². The highest BCUT2D eigenvalue weighted by atomic mass is 16.5. The van der Waals surface area contributed by atoms with Crippen LogP contribution in [0.5, 0.6) is 5.75 Å². The van der Waals surface area contributed by atoms with E-state index in [-0.39, 0.29) is 0 Å². The van der Waals surface area contributed by atoms with Gasteiger partial charge in [-0.15, -0.1) is 0 Å². The van der Waals surface area contributed by atoms with Gasteiger partial charge in [-0.2, -0.15) is 0 Å². The van der Waals surface area contributed by atoms with Crippen LogP contribution in [0.15, 0.2) is 42.6 Å². The van der Waals surface area contributed by atoms with E-state index in [1.807, 2.05) is 31.2 Å². The van der Waals surface area contributed by atoms with E-state index in [0.717, 1.165) is 27.9 Å². The molecule has 1 heterocycles. The van der Waals surface area contributed by atoms with Crippen molar-refractivity contribution in [3.05, 3.63) is 42.6 Å². The average molecular weight is 272 g/mol. The van der Waals surface area contributed by atoms with Crippen LogP contribution in [0.4, 0.5) is 5.82 Å². The maximum Gasteiger partial charge on any atom is 0.134 e. The summed E-state index contributed by atoms with van der Waals surface area (Å²) >= 11 is 0. The number of anilines is 1. The van der Waals surface area contributed by atoms with E-state index in [9.17, 15) is 0 Å². The number of aromatic nitrogens is 1. The van der Waals surface area contributed by atoms with Crippen molar-refractivity contribution in [2.45, 2.75) is 6.92 Å². The van der Waals surface area contributed by atoms with E-state index in [1.165, 1.54) is 0 Å². The van der Waals surface area contributed by atoms with Crippen LogP contribution in [0.2, 0.25) is 0 Å². The normalized spacial score (nSPS) is 10.5. The summed E-state index contributed by atoms with van der Waals surface area (Å²) in [6, 6.07) is 7.90. The van der Waals surface area contributed by atoms with Gasteiger partial charge in [0.05, 0.1) is 20.3 Å². The van der Waals surface area contributed by atoms with Gasteiger partial charge in [0.25, 0.3) is 0 Å². The standard InChI is InChI=1S/C16H20N2O2/c1-12(2)11-20-10-9-18-16-14-5-4-6-15(19-3)13(14)7-8-17-16/h4-8H,1,9-11H2,2-3H3,(H,17,18). The predicted octanol–water partition coefficient (Wildman–Crippen LogP) is 3.25. The molecule has 4 heteroatoms. The Labute approximate surface area is 119 Å². The minimum atomic E-state index is 0.596. The number of fused-ring (bicyclic) bond motifs is 1. The second kappa shape index (κ2) is 6.91. The van der Waals surface area contributed by atoms with E-state index < -0.39 is 0 Å². The van der Waals surface area contributed by atoms with E-state index in [0.29, 0.717) is 19.8 Å². The van der Waals surface area contributed by atoms with Crippen molar-refractivity contribution < 1.29 is 9.47 Å². The van der Waals surface area contributed by atoms with Crippen LogP contribution in [0, 0.1) is 0 Å². The Balaban J connectivity index is 2.05. The molecule has 0 saturated carbocycles. The molecular formula is C16H20N2O2. The molecule has 106 valence electrons. The van der Waals surface area contributed by atoms with Crippen molar-refractivity contribution in [1.82, 2.24) is 4.98 Å². The molecule has 1 aromatic heterocycles. The molecule has 0 amide bonds. The second-order valence-electron chi connectivity index (χ2n) is 4.65. The SMILES string of the molecule is C=C(C)COCCNc1nccc2c(OC)cccc12. The van der Waals surface area contributed by atoms with Crippen molar-refractivity contribution >= 4 is 16.6 Å². The number of methoxy groups -OCH3 is 1. The van der Waals surface area contributed by atoms with Crippen molar-refractivity contribution in [2.75, 3.05) is 32.2 Å². The predicted molar refractivity (Wildman–Crippen MR) is 82.4 cm³/mol. The molecule has 2 aromatic rings. The third kappa shape index (κ3) is 3.48. The minimum Gasteiger partial charge on any atom is -0.496 e. The summed E-state index contributed by atoms with van der Waals surface area (Å²) in [5, 5.41) is 5.39. The fraction of sp³-hybridized carbons (Fsp3) is 0.312. The largest absolute Gasteiger partial charge is 0.496 e. The monoisotopic (exact) mass is 272 g/mol. The zero-order valence-corrected chi connectivity index (χ0v) is 12.0. The molecule has 0 aliphatic heterocycles. The Hall–Kier alpha value is -2.07. The lowest BCUT2D eigenvalue weighted by atomic mass is 10.1. The number of hydrogen-bond donors (Lipinski definition) is 1. The van der Waals surface area contributed by atoms with Crippen LogP contribution in [0.1, 0.15) is 6.92 Å². The number of pyridine rings is 1. The summed E-state index contributed by atoms with van der Waals surface area (Å²) in [5.74, 6) is 1.70. The molecule has 0 saturated heterocycles. The van der Waals surface area contributed by atoms with Crippen molar-refractivity contribution in [2.24, 2.45) is 0 Å². The molecule has 0 atom stereocenters. The lowest BCUT2D eigenvalue weighted by Crippen LogP contribution is -2.11. The van der Waals surface area contributed by atoms with Gasteiger partial charge in [-0.3, -0.25) is 0 Å². The number of nitrogens with one attached hydrogen (secondary N) is 1. The molecular weight excluding hydrogens is 252 g/mol. The molecule has 20 heavy (non-hydrogen) atoms. The fourth-order valence-corrected chi connectivity index (χ4v) is 1.99. The zero-order valence-electron chi connectivity index (χ0n) is 12.0. The third-order valence-corrected chi connectivity index (χ3v) is 2.87. The Morgan fingerprint density at radius 3 is 2.90 bits per heavy atom. The molecule has 0 spiro atoms. The first-order chi connectivity index (χ1) is 9.72. The Morgan fingerprint density at radius 2 is 2.15 bits per heavy atom. The summed E-state index contributed by atoms with van der Waals surface area (Å²) in [7, 11) is 1.67. The average Bonchev–Trinajstić information content (AvgIpc) is 2.46. The molecule has 1 N–H and O–H groups in total. The van der Waals surface area contributed by atoms with Gasteiger partial charge in [-0.1, -0.05) is 24.3 Å². The van der Waals surface area contributed by atoms with Crippen LogP contribution in [0.3, 0.4) is 0 Å². The molecule has 0 fully saturated rings. The maximum absolute atomic E-state index is 5.46. The lowest BCUT2D eigenvalue weighted by molar-refractivity contribution is 0.167. The van der Waals surface area contributed by atoms with Crippen LogP contribution in [-0.4, -0.2) is 31.9 Å². The van der Waals surface area contributed by atoms with Gasteiger partial charge in [-0.25, -0.2) is 4.98 Å². The van der Waals surface area contributed by atoms with E-state index >= 15 is 0 Å². The van der Waals surface area contributed by atoms with Gasteiger partial charge in [0, 0.05) is 23.5 Å². The van der Waals surface area contributed by atoms with Crippen molar-refractivity contribution in [1.29, 1.82) is 0 Å². The molecule has 4 nitrogen and oxygen atoms in total. The smallest absolute Gasteiger partial charge is 0.134 e. The Kier molecular flexibility index (Phi) is 4.96. The first-order valence-electron chi connectivity index (χ1n) is 6.60. The Morgan fingerprint density at radius 1 is 1.30 bits per heavy atom. The molecule has 0 radical (unpaired) electrons.